The van der Waals surface area contributed by atoms with E-state index in [4.69, 9.17) is 5.90 Å². The third-order valence-corrected chi connectivity index (χ3v) is 1.78. The van der Waals surface area contributed by atoms with Crippen LogP contribution in [0.4, 0.5) is 0 Å². The molecule has 3 N–H and O–H groups in total. The Morgan fingerprint density at radius 3 is 3.00 bits per heavy atom. The predicted octanol–water partition coefficient (Wildman–Crippen LogP) is 0.827. The van der Waals surface area contributed by atoms with Crippen LogP contribution < -0.4 is 11.2 Å². The van der Waals surface area contributed by atoms with Gasteiger partial charge in [0.15, 0.2) is 0 Å². The molecule has 0 saturated carbocycles. The van der Waals surface area contributed by atoms with Gasteiger partial charge in [0.05, 0.1) is 6.61 Å². The van der Waals surface area contributed by atoms with Crippen LogP contribution in [0.1, 0.15) is 22.8 Å². The van der Waals surface area contributed by atoms with Crippen LogP contribution in [0.5, 0.6) is 0 Å². The minimum absolute atomic E-state index is 0.0774. The lowest BCUT2D eigenvalue weighted by Gasteiger charge is -2.04. The highest BCUT2D eigenvalue weighted by atomic mass is 16.6. The van der Waals surface area contributed by atoms with Gasteiger partial charge in [0.1, 0.15) is 0 Å². The SMILES string of the molecule is CCNC(=O)c1cccc(CON)c1. The predicted molar refractivity (Wildman–Crippen MR) is 53.4 cm³/mol. The van der Waals surface area contributed by atoms with Crippen LogP contribution in [-0.2, 0) is 11.4 Å². The number of nitrogens with one attached hydrogen (secondary N) is 1. The molecule has 0 aliphatic heterocycles. The highest BCUT2D eigenvalue weighted by Gasteiger charge is 2.03. The van der Waals surface area contributed by atoms with Gasteiger partial charge in [0.25, 0.3) is 5.91 Å². The number of amides is 1. The molecule has 0 spiro atoms. The van der Waals surface area contributed by atoms with Gasteiger partial charge < -0.3 is 5.32 Å². The summed E-state index contributed by atoms with van der Waals surface area (Å²) in [6.07, 6.45) is 0. The van der Waals surface area contributed by atoms with E-state index in [0.717, 1.165) is 5.56 Å². The highest BCUT2D eigenvalue weighted by Crippen LogP contribution is 2.05. The van der Waals surface area contributed by atoms with Gasteiger partial charge in [0.2, 0.25) is 0 Å². The quantitative estimate of drug-likeness (QED) is 0.698. The van der Waals surface area contributed by atoms with Gasteiger partial charge in [-0.2, -0.15) is 0 Å². The average Bonchev–Trinajstić information content (AvgIpc) is 2.19. The number of rotatable bonds is 4. The number of hydrogen-bond donors (Lipinski definition) is 2. The molecule has 0 radical (unpaired) electrons. The first-order valence-corrected chi connectivity index (χ1v) is 4.46. The fourth-order valence-electron chi connectivity index (χ4n) is 1.16. The molecule has 0 fully saturated rings. The molecule has 0 bridgehead atoms. The second-order valence-corrected chi connectivity index (χ2v) is 2.87. The molecule has 4 heteroatoms. The van der Waals surface area contributed by atoms with Gasteiger partial charge in [-0.25, -0.2) is 5.90 Å². The molecule has 1 amide bonds. The van der Waals surface area contributed by atoms with E-state index >= 15 is 0 Å². The maximum absolute atomic E-state index is 11.4. The highest BCUT2D eigenvalue weighted by molar-refractivity contribution is 5.94. The van der Waals surface area contributed by atoms with Crippen LogP contribution in [0.25, 0.3) is 0 Å². The minimum Gasteiger partial charge on any atom is -0.352 e. The summed E-state index contributed by atoms with van der Waals surface area (Å²) in [6, 6.07) is 7.18. The van der Waals surface area contributed by atoms with Crippen molar-refractivity contribution in [3.05, 3.63) is 35.4 Å². The van der Waals surface area contributed by atoms with Crippen molar-refractivity contribution in [3.63, 3.8) is 0 Å². The Kier molecular flexibility index (Phi) is 4.10. The smallest absolute Gasteiger partial charge is 0.251 e. The Labute approximate surface area is 83.0 Å². The van der Waals surface area contributed by atoms with Crippen molar-refractivity contribution in [1.29, 1.82) is 0 Å². The topological polar surface area (TPSA) is 64.3 Å². The van der Waals surface area contributed by atoms with Crippen molar-refractivity contribution >= 4 is 5.91 Å². The zero-order valence-corrected chi connectivity index (χ0v) is 8.12. The molecule has 0 atom stereocenters. The Balaban J connectivity index is 2.77. The Hall–Kier alpha value is -1.39. The molecule has 1 aromatic carbocycles. The maximum Gasteiger partial charge on any atom is 0.251 e. The fourth-order valence-corrected chi connectivity index (χ4v) is 1.16. The van der Waals surface area contributed by atoms with Crippen molar-refractivity contribution in [2.24, 2.45) is 5.90 Å². The van der Waals surface area contributed by atoms with E-state index in [0.29, 0.717) is 18.7 Å². The van der Waals surface area contributed by atoms with Crippen LogP contribution in [0, 0.1) is 0 Å². The van der Waals surface area contributed by atoms with Crippen LogP contribution in [0.15, 0.2) is 24.3 Å². The van der Waals surface area contributed by atoms with E-state index in [-0.39, 0.29) is 5.91 Å². The number of benzene rings is 1. The van der Waals surface area contributed by atoms with E-state index in [1.807, 2.05) is 13.0 Å². The molecule has 1 aromatic rings. The number of carbonyl (C=O) groups is 1. The van der Waals surface area contributed by atoms with Crippen LogP contribution in [0.3, 0.4) is 0 Å². The zero-order chi connectivity index (χ0) is 10.4. The summed E-state index contributed by atoms with van der Waals surface area (Å²) < 4.78 is 0. The summed E-state index contributed by atoms with van der Waals surface area (Å²) in [4.78, 5) is 15.9. The molecule has 1 rings (SSSR count). The van der Waals surface area contributed by atoms with Gasteiger partial charge in [0, 0.05) is 12.1 Å². The van der Waals surface area contributed by atoms with Crippen LogP contribution in [0.2, 0.25) is 0 Å². The maximum atomic E-state index is 11.4. The van der Waals surface area contributed by atoms with Crippen LogP contribution >= 0.6 is 0 Å². The van der Waals surface area contributed by atoms with E-state index < -0.39 is 0 Å². The first-order valence-electron chi connectivity index (χ1n) is 4.46. The lowest BCUT2D eigenvalue weighted by molar-refractivity contribution is 0.0955. The summed E-state index contributed by atoms with van der Waals surface area (Å²) >= 11 is 0. The molecular weight excluding hydrogens is 180 g/mol. The number of hydrogen-bond acceptors (Lipinski definition) is 3. The van der Waals surface area contributed by atoms with Gasteiger partial charge in [-0.05, 0) is 24.6 Å². The second-order valence-electron chi connectivity index (χ2n) is 2.87. The van der Waals surface area contributed by atoms with Crippen LogP contribution in [-0.4, -0.2) is 12.5 Å². The monoisotopic (exact) mass is 194 g/mol. The molecule has 0 heterocycles. The van der Waals surface area contributed by atoms with Gasteiger partial charge in [-0.15, -0.1) is 0 Å². The molecule has 0 aliphatic carbocycles. The number of nitrogens with two attached hydrogens (primary N) is 1. The Bertz CT molecular complexity index is 313. The van der Waals surface area contributed by atoms with E-state index in [9.17, 15) is 4.79 Å². The van der Waals surface area contributed by atoms with Gasteiger partial charge >= 0.3 is 0 Å². The summed E-state index contributed by atoms with van der Waals surface area (Å²) in [5, 5.41) is 2.72. The zero-order valence-electron chi connectivity index (χ0n) is 8.12. The fraction of sp³-hybridized carbons (Fsp3) is 0.300. The normalized spacial score (nSPS) is 9.86. The van der Waals surface area contributed by atoms with Crippen molar-refractivity contribution < 1.29 is 9.63 Å². The van der Waals surface area contributed by atoms with Crippen molar-refractivity contribution in [1.82, 2.24) is 5.32 Å². The van der Waals surface area contributed by atoms with Crippen molar-refractivity contribution in [2.45, 2.75) is 13.5 Å². The van der Waals surface area contributed by atoms with E-state index in [2.05, 4.69) is 10.2 Å². The van der Waals surface area contributed by atoms with Gasteiger partial charge in [-0.3, -0.25) is 9.63 Å². The Morgan fingerprint density at radius 2 is 2.36 bits per heavy atom. The largest absolute Gasteiger partial charge is 0.352 e. The molecule has 76 valence electrons. The van der Waals surface area contributed by atoms with Gasteiger partial charge in [-0.1, -0.05) is 12.1 Å². The first kappa shape index (κ1) is 10.7. The number of carbonyl (C=O) groups excluding carboxylic acids is 1. The third-order valence-electron chi connectivity index (χ3n) is 1.78. The summed E-state index contributed by atoms with van der Waals surface area (Å²) in [5.74, 6) is 4.87. The average molecular weight is 194 g/mol. The molecule has 0 aliphatic rings. The third kappa shape index (κ3) is 2.83. The molecule has 14 heavy (non-hydrogen) atoms. The standard InChI is InChI=1S/C10H14N2O2/c1-2-12-10(13)9-5-3-4-8(6-9)7-14-11/h3-6H,2,7,11H2,1H3,(H,12,13). The lowest BCUT2D eigenvalue weighted by Crippen LogP contribution is -2.22. The van der Waals surface area contributed by atoms with E-state index in [1.54, 1.807) is 18.2 Å². The minimum atomic E-state index is -0.0774. The molecule has 0 aromatic heterocycles. The van der Waals surface area contributed by atoms with Crippen molar-refractivity contribution in [3.8, 4) is 0 Å². The summed E-state index contributed by atoms with van der Waals surface area (Å²) in [5.41, 5.74) is 1.51. The van der Waals surface area contributed by atoms with Crippen molar-refractivity contribution in [2.75, 3.05) is 6.54 Å². The molecule has 0 saturated heterocycles. The first-order chi connectivity index (χ1) is 6.77. The second kappa shape index (κ2) is 5.36. The molecular formula is C10H14N2O2. The molecule has 0 unspecified atom stereocenters. The summed E-state index contributed by atoms with van der Waals surface area (Å²) in [6.45, 7) is 2.81. The van der Waals surface area contributed by atoms with E-state index in [1.165, 1.54) is 0 Å². The lowest BCUT2D eigenvalue weighted by atomic mass is 10.1. The molecule has 4 nitrogen and oxygen atoms in total. The Morgan fingerprint density at radius 1 is 1.57 bits per heavy atom. The summed E-state index contributed by atoms with van der Waals surface area (Å²) in [7, 11) is 0.